The van der Waals surface area contributed by atoms with Crippen molar-refractivity contribution in [1.29, 1.82) is 0 Å². The van der Waals surface area contributed by atoms with Crippen molar-refractivity contribution >= 4 is 22.0 Å². The number of benzene rings is 1. The molecular weight excluding hydrogens is 322 g/mol. The first-order valence-electron chi connectivity index (χ1n) is 7.26. The molecule has 23 heavy (non-hydrogen) atoms. The molecule has 3 rings (SSSR count). The van der Waals surface area contributed by atoms with E-state index in [2.05, 4.69) is 5.32 Å². The van der Waals surface area contributed by atoms with E-state index in [1.165, 1.54) is 16.4 Å². The second-order valence-electron chi connectivity index (χ2n) is 5.30. The van der Waals surface area contributed by atoms with Crippen LogP contribution < -0.4 is 10.1 Å². The van der Waals surface area contributed by atoms with Crippen LogP contribution >= 0.6 is 0 Å². The van der Waals surface area contributed by atoms with Gasteiger partial charge >= 0.3 is 6.03 Å². The molecule has 3 amide bonds. The van der Waals surface area contributed by atoms with Crippen LogP contribution in [-0.4, -0.2) is 61.8 Å². The van der Waals surface area contributed by atoms with E-state index in [0.717, 1.165) is 4.90 Å². The lowest BCUT2D eigenvalue weighted by Gasteiger charge is -2.41. The molecule has 0 saturated carbocycles. The van der Waals surface area contributed by atoms with Crippen LogP contribution in [0.5, 0.6) is 5.75 Å². The third-order valence-corrected chi connectivity index (χ3v) is 5.69. The lowest BCUT2D eigenvalue weighted by Crippen LogP contribution is -2.62. The van der Waals surface area contributed by atoms with Crippen molar-refractivity contribution in [2.24, 2.45) is 0 Å². The fraction of sp³-hybridized carbons (Fsp3) is 0.429. The summed E-state index contributed by atoms with van der Waals surface area (Å²) in [5, 5.41) is 2.43. The third kappa shape index (κ3) is 2.77. The predicted octanol–water partition coefficient (Wildman–Crippen LogP) is 0.0100. The number of urea groups is 1. The van der Waals surface area contributed by atoms with Crippen LogP contribution in [0, 0.1) is 0 Å². The maximum Gasteiger partial charge on any atom is 0.324 e. The van der Waals surface area contributed by atoms with Gasteiger partial charge in [0.05, 0.1) is 24.1 Å². The van der Waals surface area contributed by atoms with Gasteiger partial charge in [0.2, 0.25) is 15.9 Å². The smallest absolute Gasteiger partial charge is 0.324 e. The molecule has 0 aliphatic carbocycles. The Balaban J connectivity index is 1.68. The van der Waals surface area contributed by atoms with Crippen molar-refractivity contribution in [3.05, 3.63) is 24.3 Å². The monoisotopic (exact) mass is 339 g/mol. The highest BCUT2D eigenvalue weighted by Crippen LogP contribution is 2.26. The molecule has 9 heteroatoms. The van der Waals surface area contributed by atoms with Gasteiger partial charge in [-0.15, -0.1) is 0 Å². The lowest BCUT2D eigenvalue weighted by molar-refractivity contribution is -0.128. The summed E-state index contributed by atoms with van der Waals surface area (Å²) in [6.45, 7) is 2.57. The number of amides is 3. The number of nitrogens with one attached hydrogen (secondary N) is 1. The Morgan fingerprint density at radius 3 is 2.39 bits per heavy atom. The Morgan fingerprint density at radius 1 is 1.22 bits per heavy atom. The summed E-state index contributed by atoms with van der Waals surface area (Å²) in [5.74, 6) is 0.283. The van der Waals surface area contributed by atoms with Gasteiger partial charge in [0.25, 0.3) is 0 Å². The van der Waals surface area contributed by atoms with E-state index in [0.29, 0.717) is 12.4 Å². The largest absolute Gasteiger partial charge is 0.494 e. The number of hydrogen-bond donors (Lipinski definition) is 1. The first kappa shape index (κ1) is 15.8. The van der Waals surface area contributed by atoms with Gasteiger partial charge in [0, 0.05) is 13.1 Å². The Labute approximate surface area is 134 Å². The summed E-state index contributed by atoms with van der Waals surface area (Å²) in [6.07, 6.45) is 0. The van der Waals surface area contributed by atoms with Crippen molar-refractivity contribution in [3.63, 3.8) is 0 Å². The number of ether oxygens (including phenoxy) is 1. The van der Waals surface area contributed by atoms with Crippen LogP contribution in [0.3, 0.4) is 0 Å². The van der Waals surface area contributed by atoms with Crippen LogP contribution in [0.25, 0.3) is 0 Å². The van der Waals surface area contributed by atoms with Crippen molar-refractivity contribution in [2.45, 2.75) is 17.9 Å². The van der Waals surface area contributed by atoms with Gasteiger partial charge in [0.1, 0.15) is 5.75 Å². The SMILES string of the molecule is CCOc1ccc(S(=O)(=O)N2CC(N3C(=O)CNC3=O)C2)cc1. The molecule has 2 aliphatic heterocycles. The Hall–Kier alpha value is -2.13. The van der Waals surface area contributed by atoms with E-state index < -0.39 is 22.1 Å². The number of imide groups is 1. The van der Waals surface area contributed by atoms with Crippen molar-refractivity contribution < 1.29 is 22.7 Å². The van der Waals surface area contributed by atoms with Gasteiger partial charge in [-0.25, -0.2) is 13.2 Å². The molecule has 2 fully saturated rings. The van der Waals surface area contributed by atoms with Crippen LogP contribution in [0.2, 0.25) is 0 Å². The molecule has 0 atom stereocenters. The molecule has 0 radical (unpaired) electrons. The zero-order valence-electron chi connectivity index (χ0n) is 12.6. The summed E-state index contributed by atoms with van der Waals surface area (Å²) in [4.78, 5) is 24.4. The maximum absolute atomic E-state index is 12.5. The summed E-state index contributed by atoms with van der Waals surface area (Å²) >= 11 is 0. The lowest BCUT2D eigenvalue weighted by atomic mass is 10.1. The van der Waals surface area contributed by atoms with E-state index >= 15 is 0 Å². The first-order valence-corrected chi connectivity index (χ1v) is 8.70. The molecule has 2 aliphatic rings. The molecule has 2 saturated heterocycles. The molecule has 1 aromatic carbocycles. The normalized spacial score (nSPS) is 19.6. The fourth-order valence-electron chi connectivity index (χ4n) is 2.60. The first-order chi connectivity index (χ1) is 10.9. The second-order valence-corrected chi connectivity index (χ2v) is 7.24. The highest BCUT2D eigenvalue weighted by atomic mass is 32.2. The van der Waals surface area contributed by atoms with Crippen LogP contribution in [0.15, 0.2) is 29.2 Å². The topological polar surface area (TPSA) is 96.0 Å². The molecule has 1 N–H and O–H groups in total. The number of nitrogens with zero attached hydrogens (tertiary/aromatic N) is 2. The molecule has 0 bridgehead atoms. The van der Waals surface area contributed by atoms with Crippen LogP contribution in [0.4, 0.5) is 4.79 Å². The predicted molar refractivity (Wildman–Crippen MR) is 80.4 cm³/mol. The average Bonchev–Trinajstić information content (AvgIpc) is 2.79. The van der Waals surface area contributed by atoms with E-state index in [9.17, 15) is 18.0 Å². The zero-order valence-corrected chi connectivity index (χ0v) is 13.4. The van der Waals surface area contributed by atoms with Gasteiger partial charge in [-0.2, -0.15) is 4.31 Å². The van der Waals surface area contributed by atoms with E-state index in [-0.39, 0.29) is 30.4 Å². The summed E-state index contributed by atoms with van der Waals surface area (Å²) in [7, 11) is -3.62. The highest BCUT2D eigenvalue weighted by molar-refractivity contribution is 7.89. The van der Waals surface area contributed by atoms with Crippen LogP contribution in [0.1, 0.15) is 6.92 Å². The number of rotatable bonds is 5. The highest BCUT2D eigenvalue weighted by Gasteiger charge is 2.45. The van der Waals surface area contributed by atoms with Crippen molar-refractivity contribution in [1.82, 2.24) is 14.5 Å². The molecule has 0 spiro atoms. The molecular formula is C14H17N3O5S. The van der Waals surface area contributed by atoms with Gasteiger partial charge in [-0.05, 0) is 31.2 Å². The maximum atomic E-state index is 12.5. The molecule has 8 nitrogen and oxygen atoms in total. The number of carbonyl (C=O) groups is 2. The van der Waals surface area contributed by atoms with E-state index in [1.54, 1.807) is 12.1 Å². The third-order valence-electron chi connectivity index (χ3n) is 3.84. The van der Waals surface area contributed by atoms with Gasteiger partial charge < -0.3 is 10.1 Å². The molecule has 0 aromatic heterocycles. The van der Waals surface area contributed by atoms with Gasteiger partial charge in [-0.3, -0.25) is 9.69 Å². The number of hydrogen-bond acceptors (Lipinski definition) is 5. The van der Waals surface area contributed by atoms with Gasteiger partial charge in [0.15, 0.2) is 0 Å². The quantitative estimate of drug-likeness (QED) is 0.763. The zero-order chi connectivity index (χ0) is 16.6. The second kappa shape index (κ2) is 5.82. The Kier molecular flexibility index (Phi) is 3.99. The number of sulfonamides is 1. The molecule has 124 valence electrons. The minimum absolute atomic E-state index is 0.0268. The minimum atomic E-state index is -3.62. The van der Waals surface area contributed by atoms with E-state index in [4.69, 9.17) is 4.74 Å². The molecule has 2 heterocycles. The Morgan fingerprint density at radius 2 is 1.87 bits per heavy atom. The van der Waals surface area contributed by atoms with Crippen molar-refractivity contribution in [2.75, 3.05) is 26.2 Å². The number of carbonyl (C=O) groups excluding carboxylic acids is 2. The Bertz CT molecular complexity index is 709. The summed E-state index contributed by atoms with van der Waals surface area (Å²) in [6, 6.07) is 5.32. The summed E-state index contributed by atoms with van der Waals surface area (Å²) < 4.78 is 31.5. The standard InChI is InChI=1S/C14H17N3O5S/c1-2-22-11-3-5-12(6-4-11)23(20,21)16-8-10(9-16)17-13(18)7-15-14(17)19/h3-6,10H,2,7-9H2,1H3,(H,15,19). The molecule has 1 aromatic rings. The van der Waals surface area contributed by atoms with Gasteiger partial charge in [-0.1, -0.05) is 0 Å². The van der Waals surface area contributed by atoms with Crippen LogP contribution in [-0.2, 0) is 14.8 Å². The van der Waals surface area contributed by atoms with E-state index in [1.807, 2.05) is 6.92 Å². The average molecular weight is 339 g/mol. The fourth-order valence-corrected chi connectivity index (χ4v) is 4.12. The molecule has 0 unspecified atom stereocenters. The van der Waals surface area contributed by atoms with Crippen molar-refractivity contribution in [3.8, 4) is 5.75 Å². The summed E-state index contributed by atoms with van der Waals surface area (Å²) in [5.41, 5.74) is 0. The minimum Gasteiger partial charge on any atom is -0.494 e.